The lowest BCUT2D eigenvalue weighted by atomic mass is 10.1. The number of carbonyl (C=O) groups is 2. The maximum atomic E-state index is 11.9. The van der Waals surface area contributed by atoms with E-state index in [0.29, 0.717) is 12.6 Å². The molecule has 8 heteroatoms. The van der Waals surface area contributed by atoms with Gasteiger partial charge in [-0.2, -0.15) is 0 Å². The van der Waals surface area contributed by atoms with Crippen molar-refractivity contribution >= 4 is 23.6 Å². The van der Waals surface area contributed by atoms with Crippen LogP contribution in [0.4, 0.5) is 0 Å². The van der Waals surface area contributed by atoms with Gasteiger partial charge in [0.05, 0.1) is 6.54 Å². The molecule has 0 saturated heterocycles. The minimum absolute atomic E-state index is 0.0249. The Bertz CT molecular complexity index is 636. The summed E-state index contributed by atoms with van der Waals surface area (Å²) < 4.78 is 2.31. The zero-order chi connectivity index (χ0) is 19.1. The minimum atomic E-state index is -0.122. The molecule has 1 heterocycles. The Morgan fingerprint density at radius 2 is 1.78 bits per heavy atom. The lowest BCUT2D eigenvalue weighted by Crippen LogP contribution is -2.39. The van der Waals surface area contributed by atoms with Gasteiger partial charge in [0.25, 0.3) is 0 Å². The number of carbonyl (C=O) groups excluding carboxylic acids is 2. The Morgan fingerprint density at radius 3 is 2.48 bits per heavy atom. The highest BCUT2D eigenvalue weighted by Crippen LogP contribution is 2.33. The molecule has 2 aliphatic carbocycles. The van der Waals surface area contributed by atoms with E-state index >= 15 is 0 Å². The second-order valence-electron chi connectivity index (χ2n) is 7.56. The van der Waals surface area contributed by atoms with E-state index in [0.717, 1.165) is 49.5 Å². The van der Waals surface area contributed by atoms with Crippen molar-refractivity contribution in [2.45, 2.75) is 75.4 Å². The largest absolute Gasteiger partial charge is 0.355 e. The van der Waals surface area contributed by atoms with Crippen LogP contribution >= 0.6 is 11.8 Å². The number of hydrogen-bond acceptors (Lipinski definition) is 5. The number of thioether (sulfide) groups is 1. The molecule has 0 aliphatic heterocycles. The third-order valence-corrected chi connectivity index (χ3v) is 6.30. The SMILES string of the molecule is CSc1nnc(CCCNC(=O)CNC(=O)C2CCCC2)n1C1CCCC1. The number of rotatable bonds is 9. The standard InChI is InChI=1S/C19H31N5O2S/c1-27-19-23-22-16(24(19)15-9-4-5-10-15)11-6-12-20-17(25)13-21-18(26)14-7-2-3-8-14/h14-15H,2-13H2,1H3,(H,20,25)(H,21,26). The molecule has 3 rings (SSSR count). The van der Waals surface area contributed by atoms with Crippen LogP contribution in [0.3, 0.4) is 0 Å². The second kappa shape index (κ2) is 10.1. The number of amides is 2. The highest BCUT2D eigenvalue weighted by atomic mass is 32.2. The lowest BCUT2D eigenvalue weighted by molar-refractivity contribution is -0.128. The fourth-order valence-corrected chi connectivity index (χ4v) is 4.76. The van der Waals surface area contributed by atoms with Crippen molar-refractivity contribution in [1.82, 2.24) is 25.4 Å². The molecule has 0 atom stereocenters. The van der Waals surface area contributed by atoms with Crippen LogP contribution in [0.1, 0.15) is 69.7 Å². The molecule has 0 spiro atoms. The van der Waals surface area contributed by atoms with Gasteiger partial charge in [-0.1, -0.05) is 37.4 Å². The highest BCUT2D eigenvalue weighted by molar-refractivity contribution is 7.98. The van der Waals surface area contributed by atoms with Gasteiger partial charge in [0.2, 0.25) is 11.8 Å². The van der Waals surface area contributed by atoms with Crippen molar-refractivity contribution in [2.24, 2.45) is 5.92 Å². The fraction of sp³-hybridized carbons (Fsp3) is 0.789. The zero-order valence-electron chi connectivity index (χ0n) is 16.2. The smallest absolute Gasteiger partial charge is 0.239 e. The summed E-state index contributed by atoms with van der Waals surface area (Å²) in [6, 6.07) is 0.526. The van der Waals surface area contributed by atoms with E-state index in [1.165, 1.54) is 25.7 Å². The third kappa shape index (κ3) is 5.46. The van der Waals surface area contributed by atoms with Crippen LogP contribution in [0.25, 0.3) is 0 Å². The molecule has 1 aromatic rings. The Hall–Kier alpha value is -1.57. The summed E-state index contributed by atoms with van der Waals surface area (Å²) in [4.78, 5) is 23.9. The third-order valence-electron chi connectivity index (χ3n) is 5.66. The highest BCUT2D eigenvalue weighted by Gasteiger charge is 2.24. The first-order valence-corrected chi connectivity index (χ1v) is 11.4. The lowest BCUT2D eigenvalue weighted by Gasteiger charge is -2.16. The van der Waals surface area contributed by atoms with E-state index in [1.54, 1.807) is 11.8 Å². The maximum absolute atomic E-state index is 11.9. The molecule has 7 nitrogen and oxygen atoms in total. The normalized spacial score (nSPS) is 18.1. The summed E-state index contributed by atoms with van der Waals surface area (Å²) in [6.07, 6.45) is 12.8. The molecular weight excluding hydrogens is 362 g/mol. The van der Waals surface area contributed by atoms with E-state index in [9.17, 15) is 9.59 Å². The van der Waals surface area contributed by atoms with Crippen LogP contribution in [-0.2, 0) is 16.0 Å². The molecule has 2 amide bonds. The van der Waals surface area contributed by atoms with Gasteiger partial charge in [-0.15, -0.1) is 10.2 Å². The molecule has 0 aromatic carbocycles. The van der Waals surface area contributed by atoms with Crippen LogP contribution in [0, 0.1) is 5.92 Å². The van der Waals surface area contributed by atoms with Crippen molar-refractivity contribution in [3.05, 3.63) is 5.82 Å². The van der Waals surface area contributed by atoms with Crippen LogP contribution < -0.4 is 10.6 Å². The molecule has 2 saturated carbocycles. The van der Waals surface area contributed by atoms with Gasteiger partial charge < -0.3 is 15.2 Å². The summed E-state index contributed by atoms with van der Waals surface area (Å²) in [6.45, 7) is 0.661. The zero-order valence-corrected chi connectivity index (χ0v) is 17.0. The van der Waals surface area contributed by atoms with Crippen molar-refractivity contribution in [1.29, 1.82) is 0 Å². The molecular formula is C19H31N5O2S. The molecule has 2 N–H and O–H groups in total. The quantitative estimate of drug-likeness (QED) is 0.497. The summed E-state index contributed by atoms with van der Waals surface area (Å²) in [7, 11) is 0. The predicted octanol–water partition coefficient (Wildman–Crippen LogP) is 2.47. The van der Waals surface area contributed by atoms with Crippen molar-refractivity contribution < 1.29 is 9.59 Å². The number of hydrogen-bond donors (Lipinski definition) is 2. The predicted molar refractivity (Wildman–Crippen MR) is 106 cm³/mol. The van der Waals surface area contributed by atoms with E-state index < -0.39 is 0 Å². The Morgan fingerprint density at radius 1 is 1.07 bits per heavy atom. The maximum Gasteiger partial charge on any atom is 0.239 e. The number of nitrogens with one attached hydrogen (secondary N) is 2. The Labute approximate surface area is 165 Å². The second-order valence-corrected chi connectivity index (χ2v) is 8.34. The average Bonchev–Trinajstić information content (AvgIpc) is 3.43. The molecule has 1 aromatic heterocycles. The van der Waals surface area contributed by atoms with Gasteiger partial charge in [0.15, 0.2) is 5.16 Å². The van der Waals surface area contributed by atoms with Crippen LogP contribution in [0.15, 0.2) is 5.16 Å². The molecule has 0 radical (unpaired) electrons. The molecule has 150 valence electrons. The van der Waals surface area contributed by atoms with E-state index in [1.807, 2.05) is 6.26 Å². The van der Waals surface area contributed by atoms with Crippen molar-refractivity contribution in [3.8, 4) is 0 Å². The number of aryl methyl sites for hydroxylation is 1. The minimum Gasteiger partial charge on any atom is -0.355 e. The summed E-state index contributed by atoms with van der Waals surface area (Å²) in [5, 5.41) is 15.3. The molecule has 0 unspecified atom stereocenters. The van der Waals surface area contributed by atoms with Gasteiger partial charge in [-0.3, -0.25) is 9.59 Å². The van der Waals surface area contributed by atoms with Crippen molar-refractivity contribution in [3.63, 3.8) is 0 Å². The molecule has 2 fully saturated rings. The van der Waals surface area contributed by atoms with Crippen LogP contribution in [-0.4, -0.2) is 45.9 Å². The van der Waals surface area contributed by atoms with Crippen LogP contribution in [0.5, 0.6) is 0 Å². The van der Waals surface area contributed by atoms with Gasteiger partial charge in [0.1, 0.15) is 5.82 Å². The van der Waals surface area contributed by atoms with Gasteiger partial charge in [0, 0.05) is 24.9 Å². The first-order valence-electron chi connectivity index (χ1n) is 10.2. The first-order chi connectivity index (χ1) is 13.2. The van der Waals surface area contributed by atoms with E-state index in [4.69, 9.17) is 0 Å². The van der Waals surface area contributed by atoms with Crippen LogP contribution in [0.2, 0.25) is 0 Å². The summed E-state index contributed by atoms with van der Waals surface area (Å²) >= 11 is 1.65. The Kier molecular flexibility index (Phi) is 7.55. The Balaban J connectivity index is 1.38. The number of aromatic nitrogens is 3. The van der Waals surface area contributed by atoms with Gasteiger partial charge >= 0.3 is 0 Å². The molecule has 0 bridgehead atoms. The fourth-order valence-electron chi connectivity index (χ4n) is 4.18. The summed E-state index contributed by atoms with van der Waals surface area (Å²) in [5.74, 6) is 1.03. The monoisotopic (exact) mass is 393 g/mol. The van der Waals surface area contributed by atoms with E-state index in [2.05, 4.69) is 25.4 Å². The van der Waals surface area contributed by atoms with Gasteiger partial charge in [-0.05, 0) is 38.4 Å². The summed E-state index contributed by atoms with van der Waals surface area (Å²) in [5.41, 5.74) is 0. The number of nitrogens with zero attached hydrogens (tertiary/aromatic N) is 3. The van der Waals surface area contributed by atoms with Crippen molar-refractivity contribution in [2.75, 3.05) is 19.3 Å². The molecule has 27 heavy (non-hydrogen) atoms. The van der Waals surface area contributed by atoms with E-state index in [-0.39, 0.29) is 24.3 Å². The topological polar surface area (TPSA) is 88.9 Å². The average molecular weight is 394 g/mol. The van der Waals surface area contributed by atoms with Gasteiger partial charge in [-0.25, -0.2) is 0 Å². The molecule has 2 aliphatic rings. The first kappa shape index (κ1) is 20.2.